The van der Waals surface area contributed by atoms with Crippen molar-refractivity contribution in [3.05, 3.63) is 65.7 Å². The molecule has 1 fully saturated rings. The number of hydrogen-bond acceptors (Lipinski definition) is 3. The van der Waals surface area contributed by atoms with E-state index in [1.165, 1.54) is 24.3 Å². The molecule has 0 aromatic heterocycles. The van der Waals surface area contributed by atoms with Gasteiger partial charge in [0.15, 0.2) is 5.96 Å². The van der Waals surface area contributed by atoms with Gasteiger partial charge in [-0.15, -0.1) is 0 Å². The predicted molar refractivity (Wildman–Crippen MR) is 115 cm³/mol. The Kier molecular flexibility index (Phi) is 7.59. The number of nitrogens with one attached hydrogen (secondary N) is 2. The molecule has 0 spiro atoms. The number of aliphatic imine (C=N–C) groups is 1. The highest BCUT2D eigenvalue weighted by Crippen LogP contribution is 2.16. The summed E-state index contributed by atoms with van der Waals surface area (Å²) in [4.78, 5) is 20.7. The van der Waals surface area contributed by atoms with Gasteiger partial charge in [0.2, 0.25) is 5.91 Å². The van der Waals surface area contributed by atoms with Gasteiger partial charge in [0.05, 0.1) is 6.42 Å². The summed E-state index contributed by atoms with van der Waals surface area (Å²) >= 11 is 0. The standard InChI is InChI=1S/C22H27F2N5O/c1-25-22(27-11-10-26-21(30)16-17-2-4-18(23)5-3-17)29-14-12-28(13-15-29)20-8-6-19(24)7-9-20/h2-9H,10-16H2,1H3,(H,25,27)(H,26,30). The number of guanidine groups is 1. The maximum Gasteiger partial charge on any atom is 0.224 e. The van der Waals surface area contributed by atoms with Gasteiger partial charge in [0.25, 0.3) is 0 Å². The molecular weight excluding hydrogens is 388 g/mol. The molecule has 8 heteroatoms. The van der Waals surface area contributed by atoms with Crippen LogP contribution in [-0.2, 0) is 11.2 Å². The Labute approximate surface area is 175 Å². The lowest BCUT2D eigenvalue weighted by molar-refractivity contribution is -0.120. The molecule has 160 valence electrons. The van der Waals surface area contributed by atoms with Crippen LogP contribution in [0.3, 0.4) is 0 Å². The van der Waals surface area contributed by atoms with Crippen molar-refractivity contribution in [2.45, 2.75) is 6.42 Å². The molecule has 30 heavy (non-hydrogen) atoms. The molecule has 0 aliphatic carbocycles. The van der Waals surface area contributed by atoms with E-state index in [1.807, 2.05) is 0 Å². The van der Waals surface area contributed by atoms with E-state index in [1.54, 1.807) is 31.3 Å². The van der Waals surface area contributed by atoms with Crippen molar-refractivity contribution in [3.63, 3.8) is 0 Å². The van der Waals surface area contributed by atoms with E-state index in [4.69, 9.17) is 0 Å². The van der Waals surface area contributed by atoms with E-state index >= 15 is 0 Å². The fourth-order valence-corrected chi connectivity index (χ4v) is 3.39. The zero-order valence-corrected chi connectivity index (χ0v) is 17.1. The largest absolute Gasteiger partial charge is 0.368 e. The van der Waals surface area contributed by atoms with Crippen molar-refractivity contribution in [1.29, 1.82) is 0 Å². The van der Waals surface area contributed by atoms with Gasteiger partial charge >= 0.3 is 0 Å². The van der Waals surface area contributed by atoms with E-state index in [-0.39, 0.29) is 24.0 Å². The second-order valence-electron chi connectivity index (χ2n) is 7.08. The highest BCUT2D eigenvalue weighted by atomic mass is 19.1. The predicted octanol–water partition coefficient (Wildman–Crippen LogP) is 2.02. The highest BCUT2D eigenvalue weighted by molar-refractivity contribution is 5.80. The molecule has 0 unspecified atom stereocenters. The molecule has 1 aliphatic heterocycles. The summed E-state index contributed by atoms with van der Waals surface area (Å²) in [5.74, 6) is 0.146. The first-order valence-electron chi connectivity index (χ1n) is 10.0. The molecular formula is C22H27F2N5O. The van der Waals surface area contributed by atoms with Crippen molar-refractivity contribution >= 4 is 17.6 Å². The Balaban J connectivity index is 1.37. The summed E-state index contributed by atoms with van der Waals surface area (Å²) in [7, 11) is 1.74. The van der Waals surface area contributed by atoms with E-state index in [2.05, 4.69) is 25.4 Å². The average molecular weight is 415 g/mol. The van der Waals surface area contributed by atoms with Crippen LogP contribution in [0.4, 0.5) is 14.5 Å². The van der Waals surface area contributed by atoms with Crippen LogP contribution in [0.15, 0.2) is 53.5 Å². The van der Waals surface area contributed by atoms with Crippen LogP contribution in [0.1, 0.15) is 5.56 Å². The number of nitrogens with zero attached hydrogens (tertiary/aromatic N) is 3. The first-order valence-corrected chi connectivity index (χ1v) is 10.0. The number of rotatable bonds is 6. The smallest absolute Gasteiger partial charge is 0.224 e. The lowest BCUT2D eigenvalue weighted by Gasteiger charge is -2.37. The van der Waals surface area contributed by atoms with Crippen molar-refractivity contribution in [2.24, 2.45) is 4.99 Å². The van der Waals surface area contributed by atoms with Gasteiger partial charge in [-0.2, -0.15) is 0 Å². The van der Waals surface area contributed by atoms with E-state index in [0.717, 1.165) is 43.4 Å². The Morgan fingerprint density at radius 3 is 2.07 bits per heavy atom. The van der Waals surface area contributed by atoms with Gasteiger partial charge in [0, 0.05) is 52.0 Å². The lowest BCUT2D eigenvalue weighted by atomic mass is 10.1. The van der Waals surface area contributed by atoms with Crippen LogP contribution >= 0.6 is 0 Å². The van der Waals surface area contributed by atoms with Crippen LogP contribution in [0.5, 0.6) is 0 Å². The van der Waals surface area contributed by atoms with Crippen molar-refractivity contribution < 1.29 is 13.6 Å². The number of amides is 1. The Morgan fingerprint density at radius 2 is 1.47 bits per heavy atom. The minimum absolute atomic E-state index is 0.105. The molecule has 2 aromatic rings. The summed E-state index contributed by atoms with van der Waals surface area (Å²) < 4.78 is 26.0. The van der Waals surface area contributed by atoms with Gasteiger partial charge in [0.1, 0.15) is 11.6 Å². The first kappa shape index (κ1) is 21.5. The first-order chi connectivity index (χ1) is 14.5. The molecule has 0 saturated carbocycles. The third-order valence-corrected chi connectivity index (χ3v) is 4.99. The molecule has 1 aliphatic rings. The molecule has 0 atom stereocenters. The minimum atomic E-state index is -0.312. The zero-order chi connectivity index (χ0) is 21.3. The van der Waals surface area contributed by atoms with Gasteiger partial charge in [-0.05, 0) is 42.0 Å². The summed E-state index contributed by atoms with van der Waals surface area (Å²) in [5.41, 5.74) is 1.79. The van der Waals surface area contributed by atoms with E-state index < -0.39 is 0 Å². The SMILES string of the molecule is CN=C(NCCNC(=O)Cc1ccc(F)cc1)N1CCN(c2ccc(F)cc2)CC1. The van der Waals surface area contributed by atoms with Crippen molar-refractivity contribution in [2.75, 3.05) is 51.2 Å². The number of piperazine rings is 1. The fourth-order valence-electron chi connectivity index (χ4n) is 3.39. The molecule has 1 saturated heterocycles. The third kappa shape index (κ3) is 6.17. The second kappa shape index (κ2) is 10.6. The summed E-state index contributed by atoms with van der Waals surface area (Å²) in [6.07, 6.45) is 0.223. The average Bonchev–Trinajstić information content (AvgIpc) is 2.76. The molecule has 1 heterocycles. The van der Waals surface area contributed by atoms with Crippen molar-refractivity contribution in [1.82, 2.24) is 15.5 Å². The zero-order valence-electron chi connectivity index (χ0n) is 17.1. The number of halogens is 2. The second-order valence-corrected chi connectivity index (χ2v) is 7.08. The quantitative estimate of drug-likeness (QED) is 0.431. The number of carbonyl (C=O) groups excluding carboxylic acids is 1. The summed E-state index contributed by atoms with van der Waals surface area (Å²) in [6.45, 7) is 4.26. The maximum atomic E-state index is 13.1. The number of anilines is 1. The molecule has 1 amide bonds. The maximum absolute atomic E-state index is 13.1. The van der Waals surface area contributed by atoms with Gasteiger partial charge < -0.3 is 20.4 Å². The highest BCUT2D eigenvalue weighted by Gasteiger charge is 2.19. The van der Waals surface area contributed by atoms with Gasteiger partial charge in [-0.1, -0.05) is 12.1 Å². The Morgan fingerprint density at radius 1 is 0.900 bits per heavy atom. The normalized spacial score (nSPS) is 14.6. The minimum Gasteiger partial charge on any atom is -0.368 e. The van der Waals surface area contributed by atoms with Crippen LogP contribution in [0.25, 0.3) is 0 Å². The third-order valence-electron chi connectivity index (χ3n) is 4.99. The van der Waals surface area contributed by atoms with Crippen LogP contribution < -0.4 is 15.5 Å². The fraction of sp³-hybridized carbons (Fsp3) is 0.364. The van der Waals surface area contributed by atoms with Crippen molar-refractivity contribution in [3.8, 4) is 0 Å². The Hall–Kier alpha value is -3.16. The van der Waals surface area contributed by atoms with E-state index in [9.17, 15) is 13.6 Å². The van der Waals surface area contributed by atoms with Crippen LogP contribution in [0.2, 0.25) is 0 Å². The monoisotopic (exact) mass is 415 g/mol. The van der Waals surface area contributed by atoms with E-state index in [0.29, 0.717) is 13.1 Å². The molecule has 0 bridgehead atoms. The van der Waals surface area contributed by atoms with Gasteiger partial charge in [-0.3, -0.25) is 9.79 Å². The van der Waals surface area contributed by atoms with Gasteiger partial charge in [-0.25, -0.2) is 8.78 Å². The van der Waals surface area contributed by atoms with Crippen LogP contribution in [-0.4, -0.2) is 63.1 Å². The van der Waals surface area contributed by atoms with Crippen LogP contribution in [0, 0.1) is 11.6 Å². The number of carbonyl (C=O) groups is 1. The summed E-state index contributed by atoms with van der Waals surface area (Å²) in [6, 6.07) is 12.5. The lowest BCUT2D eigenvalue weighted by Crippen LogP contribution is -2.53. The topological polar surface area (TPSA) is 60.0 Å². The molecule has 3 rings (SSSR count). The molecule has 0 radical (unpaired) electrons. The Bertz CT molecular complexity index is 847. The number of benzene rings is 2. The molecule has 2 N–H and O–H groups in total. The summed E-state index contributed by atoms with van der Waals surface area (Å²) in [5, 5.41) is 6.13. The molecule has 6 nitrogen and oxygen atoms in total. The molecule has 2 aromatic carbocycles. The number of hydrogen-bond donors (Lipinski definition) is 2.